The van der Waals surface area contributed by atoms with Gasteiger partial charge in [-0.1, -0.05) is 0 Å². The molecule has 1 aliphatic heterocycles. The number of likely N-dealkylation sites (tertiary alicyclic amines) is 1. The number of hydrogen-bond donors (Lipinski definition) is 1. The van der Waals surface area contributed by atoms with Gasteiger partial charge in [0.15, 0.2) is 0 Å². The van der Waals surface area contributed by atoms with Crippen molar-refractivity contribution in [1.29, 1.82) is 0 Å². The van der Waals surface area contributed by atoms with Crippen molar-refractivity contribution >= 4 is 17.8 Å². The minimum Gasteiger partial charge on any atom is -0.341 e. The van der Waals surface area contributed by atoms with Crippen molar-refractivity contribution in [2.24, 2.45) is 0 Å². The van der Waals surface area contributed by atoms with Gasteiger partial charge in [-0.25, -0.2) is 4.98 Å². The molecular weight excluding hydrogens is 222 g/mol. The molecule has 0 spiro atoms. The topological polar surface area (TPSA) is 88.1 Å². The molecule has 1 atom stereocenters. The Morgan fingerprint density at radius 3 is 2.47 bits per heavy atom. The van der Waals surface area contributed by atoms with Crippen LogP contribution < -0.4 is 5.32 Å². The lowest BCUT2D eigenvalue weighted by Gasteiger charge is -2.10. The van der Waals surface area contributed by atoms with Gasteiger partial charge in [0.1, 0.15) is 6.04 Å². The number of imide groups is 1. The number of nitrogens with one attached hydrogen (secondary N) is 1. The van der Waals surface area contributed by atoms with Crippen LogP contribution in [0.25, 0.3) is 0 Å². The maximum atomic E-state index is 11.6. The van der Waals surface area contributed by atoms with E-state index in [1.807, 2.05) is 6.92 Å². The van der Waals surface area contributed by atoms with E-state index in [0.717, 1.165) is 16.3 Å². The number of likely N-dealkylation sites (N-methyl/N-ethyl adjacent to an activating group) is 1. The van der Waals surface area contributed by atoms with Crippen molar-refractivity contribution in [2.75, 3.05) is 12.4 Å². The van der Waals surface area contributed by atoms with Crippen LogP contribution in [0, 0.1) is 13.8 Å². The predicted molar refractivity (Wildman–Crippen MR) is 59.1 cm³/mol. The van der Waals surface area contributed by atoms with Gasteiger partial charge in [-0.15, -0.1) is 5.10 Å². The van der Waals surface area contributed by atoms with Crippen molar-refractivity contribution in [3.05, 3.63) is 11.4 Å². The molecule has 90 valence electrons. The van der Waals surface area contributed by atoms with Gasteiger partial charge in [0, 0.05) is 7.05 Å². The number of amides is 2. The van der Waals surface area contributed by atoms with Gasteiger partial charge < -0.3 is 5.32 Å². The Morgan fingerprint density at radius 2 is 1.94 bits per heavy atom. The molecule has 1 aromatic heterocycles. The minimum atomic E-state index is -0.587. The van der Waals surface area contributed by atoms with Crippen LogP contribution in [-0.2, 0) is 9.59 Å². The first-order valence-corrected chi connectivity index (χ1v) is 5.24. The van der Waals surface area contributed by atoms with Gasteiger partial charge in [0.05, 0.1) is 17.8 Å². The summed E-state index contributed by atoms with van der Waals surface area (Å²) in [4.78, 5) is 28.2. The third-order valence-corrected chi connectivity index (χ3v) is 2.78. The van der Waals surface area contributed by atoms with Crippen molar-refractivity contribution in [1.82, 2.24) is 20.1 Å². The zero-order valence-electron chi connectivity index (χ0n) is 9.89. The number of rotatable bonds is 2. The standard InChI is InChI=1S/C10H13N5O2/c1-5-6(2)13-14-10(11-5)12-7-4-8(16)15(3)9(7)17/h7H,4H2,1-3H3,(H,11,12,14). The van der Waals surface area contributed by atoms with Crippen LogP contribution in [0.4, 0.5) is 5.95 Å². The van der Waals surface area contributed by atoms with Gasteiger partial charge in [-0.05, 0) is 13.8 Å². The Morgan fingerprint density at radius 1 is 1.24 bits per heavy atom. The number of carbonyl (C=O) groups excluding carboxylic acids is 2. The van der Waals surface area contributed by atoms with Crippen LogP contribution in [-0.4, -0.2) is 45.0 Å². The molecule has 1 N–H and O–H groups in total. The lowest BCUT2D eigenvalue weighted by atomic mass is 10.2. The van der Waals surface area contributed by atoms with Crippen molar-refractivity contribution in [3.8, 4) is 0 Å². The number of hydrogen-bond acceptors (Lipinski definition) is 6. The van der Waals surface area contributed by atoms with E-state index in [0.29, 0.717) is 0 Å². The second kappa shape index (κ2) is 4.08. The van der Waals surface area contributed by atoms with Gasteiger partial charge in [0.2, 0.25) is 11.9 Å². The summed E-state index contributed by atoms with van der Waals surface area (Å²) in [7, 11) is 1.46. The monoisotopic (exact) mass is 235 g/mol. The number of carbonyl (C=O) groups is 2. The molecule has 2 amide bonds. The Labute approximate surface area is 98.2 Å². The van der Waals surface area contributed by atoms with Crippen molar-refractivity contribution in [2.45, 2.75) is 26.3 Å². The fourth-order valence-electron chi connectivity index (χ4n) is 1.54. The molecule has 0 radical (unpaired) electrons. The Bertz CT molecular complexity index is 488. The third kappa shape index (κ3) is 2.08. The molecule has 0 aliphatic carbocycles. The molecule has 17 heavy (non-hydrogen) atoms. The molecule has 1 fully saturated rings. The summed E-state index contributed by atoms with van der Waals surface area (Å²) in [6.45, 7) is 3.61. The van der Waals surface area contributed by atoms with Crippen LogP contribution in [0.2, 0.25) is 0 Å². The molecule has 1 saturated heterocycles. The summed E-state index contributed by atoms with van der Waals surface area (Å²) in [6.07, 6.45) is 0.131. The van der Waals surface area contributed by atoms with E-state index in [2.05, 4.69) is 20.5 Å². The summed E-state index contributed by atoms with van der Waals surface area (Å²) in [5, 5.41) is 10.6. The number of nitrogens with zero attached hydrogens (tertiary/aromatic N) is 4. The average Bonchev–Trinajstić information content (AvgIpc) is 2.52. The first-order chi connectivity index (χ1) is 7.99. The Kier molecular flexibility index (Phi) is 2.74. The second-order valence-electron chi connectivity index (χ2n) is 4.00. The molecule has 0 saturated carbocycles. The first-order valence-electron chi connectivity index (χ1n) is 5.24. The number of aryl methyl sites for hydroxylation is 2. The van der Waals surface area contributed by atoms with E-state index in [1.54, 1.807) is 6.92 Å². The van der Waals surface area contributed by atoms with E-state index in [1.165, 1.54) is 7.05 Å². The maximum absolute atomic E-state index is 11.6. The lowest BCUT2D eigenvalue weighted by molar-refractivity contribution is -0.136. The summed E-state index contributed by atoms with van der Waals surface area (Å²) in [5.41, 5.74) is 1.48. The van der Waals surface area contributed by atoms with Crippen LogP contribution in [0.1, 0.15) is 17.8 Å². The molecule has 7 heteroatoms. The van der Waals surface area contributed by atoms with E-state index < -0.39 is 6.04 Å². The highest BCUT2D eigenvalue weighted by atomic mass is 16.2. The zero-order valence-corrected chi connectivity index (χ0v) is 9.89. The second-order valence-corrected chi connectivity index (χ2v) is 4.00. The van der Waals surface area contributed by atoms with E-state index in [4.69, 9.17) is 0 Å². The van der Waals surface area contributed by atoms with E-state index >= 15 is 0 Å². The Hall–Kier alpha value is -2.05. The van der Waals surface area contributed by atoms with Crippen molar-refractivity contribution in [3.63, 3.8) is 0 Å². The Balaban J connectivity index is 2.14. The van der Waals surface area contributed by atoms with Gasteiger partial charge >= 0.3 is 0 Å². The highest BCUT2D eigenvalue weighted by molar-refractivity contribution is 6.06. The van der Waals surface area contributed by atoms with Gasteiger partial charge in [0.25, 0.3) is 5.91 Å². The minimum absolute atomic E-state index is 0.131. The van der Waals surface area contributed by atoms with Gasteiger partial charge in [-0.3, -0.25) is 14.5 Å². The van der Waals surface area contributed by atoms with Crippen LogP contribution >= 0.6 is 0 Å². The summed E-state index contributed by atoms with van der Waals surface area (Å²) in [6, 6.07) is -0.587. The SMILES string of the molecule is Cc1nnc(NC2CC(=O)N(C)C2=O)nc1C. The number of anilines is 1. The lowest BCUT2D eigenvalue weighted by Crippen LogP contribution is -2.32. The molecule has 0 bridgehead atoms. The van der Waals surface area contributed by atoms with E-state index in [-0.39, 0.29) is 24.2 Å². The highest BCUT2D eigenvalue weighted by Crippen LogP contribution is 2.14. The fourth-order valence-corrected chi connectivity index (χ4v) is 1.54. The summed E-state index contributed by atoms with van der Waals surface area (Å²) < 4.78 is 0. The molecule has 1 aliphatic rings. The van der Waals surface area contributed by atoms with Crippen molar-refractivity contribution < 1.29 is 9.59 Å². The first kappa shape index (κ1) is 11.4. The summed E-state index contributed by atoms with van der Waals surface area (Å²) in [5.74, 6) is -0.198. The molecule has 1 unspecified atom stereocenters. The summed E-state index contributed by atoms with van der Waals surface area (Å²) >= 11 is 0. The third-order valence-electron chi connectivity index (χ3n) is 2.78. The van der Waals surface area contributed by atoms with Crippen LogP contribution in [0.5, 0.6) is 0 Å². The van der Waals surface area contributed by atoms with Crippen LogP contribution in [0.3, 0.4) is 0 Å². The average molecular weight is 235 g/mol. The number of aromatic nitrogens is 3. The normalized spacial score (nSPS) is 19.9. The zero-order chi connectivity index (χ0) is 12.6. The quantitative estimate of drug-likeness (QED) is 0.705. The largest absolute Gasteiger partial charge is 0.341 e. The molecule has 2 heterocycles. The molecular formula is C10H13N5O2. The maximum Gasteiger partial charge on any atom is 0.252 e. The smallest absolute Gasteiger partial charge is 0.252 e. The fraction of sp³-hybridized carbons (Fsp3) is 0.500. The highest BCUT2D eigenvalue weighted by Gasteiger charge is 2.36. The molecule has 0 aromatic carbocycles. The molecule has 7 nitrogen and oxygen atoms in total. The molecule has 1 aromatic rings. The van der Waals surface area contributed by atoms with Crippen LogP contribution in [0.15, 0.2) is 0 Å². The predicted octanol–water partition coefficient (Wildman–Crippen LogP) is -0.342. The molecule has 2 rings (SSSR count). The van der Waals surface area contributed by atoms with Gasteiger partial charge in [-0.2, -0.15) is 5.10 Å². The van der Waals surface area contributed by atoms with E-state index in [9.17, 15) is 9.59 Å².